The number of methoxy groups -OCH3 is 1. The summed E-state index contributed by atoms with van der Waals surface area (Å²) in [6.45, 7) is 0. The number of aromatic nitrogens is 1. The molecule has 0 saturated heterocycles. The lowest BCUT2D eigenvalue weighted by Crippen LogP contribution is -1.90. The molecule has 0 amide bonds. The van der Waals surface area contributed by atoms with E-state index in [2.05, 4.69) is 20.7 Å². The normalized spacial score (nSPS) is 8.67. The van der Waals surface area contributed by atoms with Gasteiger partial charge in [-0.15, -0.1) is 0 Å². The number of aryl methyl sites for hydroxylation is 1. The first kappa shape index (κ1) is 11.4. The maximum absolute atomic E-state index is 10.2. The number of nitrogens with zero attached hydrogens (tertiary/aromatic N) is 1. The van der Waals surface area contributed by atoms with Gasteiger partial charge in [-0.1, -0.05) is 0 Å². The van der Waals surface area contributed by atoms with Crippen LogP contribution < -0.4 is 0 Å². The van der Waals surface area contributed by atoms with Gasteiger partial charge in [0.2, 0.25) is 0 Å². The lowest BCUT2D eigenvalue weighted by atomic mass is 10.5. The van der Waals surface area contributed by atoms with Gasteiger partial charge in [0.15, 0.2) is 6.29 Å². The van der Waals surface area contributed by atoms with Gasteiger partial charge >= 0.3 is 0 Å². The summed E-state index contributed by atoms with van der Waals surface area (Å²) in [5.74, 6) is 0. The topological polar surface area (TPSA) is 31.2 Å². The monoisotopic (exact) mass is 233 g/mol. The van der Waals surface area contributed by atoms with E-state index in [1.54, 1.807) is 24.9 Å². The van der Waals surface area contributed by atoms with Crippen LogP contribution in [0.15, 0.2) is 16.7 Å². The van der Waals surface area contributed by atoms with E-state index in [9.17, 15) is 4.79 Å². The van der Waals surface area contributed by atoms with Crippen LogP contribution in [0.2, 0.25) is 0 Å². The Labute approximate surface area is 80.5 Å². The van der Waals surface area contributed by atoms with Gasteiger partial charge in [0, 0.05) is 31.9 Å². The molecule has 0 saturated carbocycles. The molecule has 68 valence electrons. The van der Waals surface area contributed by atoms with Gasteiger partial charge in [0.05, 0.1) is 5.69 Å². The van der Waals surface area contributed by atoms with Crippen molar-refractivity contribution >= 4 is 22.2 Å². The summed E-state index contributed by atoms with van der Waals surface area (Å²) in [4.78, 5) is 10.2. The lowest BCUT2D eigenvalue weighted by molar-refractivity contribution is 0.111. The molecule has 1 rings (SSSR count). The molecule has 1 aromatic heterocycles. The predicted molar refractivity (Wildman–Crippen MR) is 51.4 cm³/mol. The minimum absolute atomic E-state index is 0.682. The molecule has 0 aliphatic rings. The summed E-state index contributed by atoms with van der Waals surface area (Å²) in [6.07, 6.45) is 2.66. The molecular weight excluding hydrogens is 222 g/mol. The van der Waals surface area contributed by atoms with Gasteiger partial charge in [-0.25, -0.2) is 0 Å². The molecule has 0 fully saturated rings. The van der Waals surface area contributed by atoms with Crippen molar-refractivity contribution in [3.63, 3.8) is 0 Å². The van der Waals surface area contributed by atoms with Gasteiger partial charge in [0.1, 0.15) is 0 Å². The van der Waals surface area contributed by atoms with Crippen molar-refractivity contribution < 1.29 is 9.53 Å². The van der Waals surface area contributed by atoms with E-state index in [1.165, 1.54) is 0 Å². The molecule has 0 bridgehead atoms. The molecule has 0 aliphatic carbocycles. The molecule has 0 radical (unpaired) electrons. The average molecular weight is 234 g/mol. The Bertz CT molecular complexity index is 245. The summed E-state index contributed by atoms with van der Waals surface area (Å²) < 4.78 is 6.95. The summed E-state index contributed by atoms with van der Waals surface area (Å²) in [7, 11) is 5.08. The van der Waals surface area contributed by atoms with E-state index in [0.29, 0.717) is 5.69 Å². The highest BCUT2D eigenvalue weighted by molar-refractivity contribution is 9.10. The summed E-state index contributed by atoms with van der Waals surface area (Å²) in [5.41, 5.74) is 0.682. The molecule has 0 N–H and O–H groups in total. The van der Waals surface area contributed by atoms with Crippen molar-refractivity contribution in [2.24, 2.45) is 7.05 Å². The van der Waals surface area contributed by atoms with Gasteiger partial charge in [0.25, 0.3) is 0 Å². The van der Waals surface area contributed by atoms with E-state index >= 15 is 0 Å². The molecule has 1 heterocycles. The Morgan fingerprint density at radius 1 is 1.58 bits per heavy atom. The molecule has 0 unspecified atom stereocenters. The highest BCUT2D eigenvalue weighted by Crippen LogP contribution is 2.11. The number of aldehydes is 1. The number of carbonyl (C=O) groups is 1. The Morgan fingerprint density at radius 3 is 2.25 bits per heavy atom. The second kappa shape index (κ2) is 5.97. The van der Waals surface area contributed by atoms with Crippen molar-refractivity contribution in [2.45, 2.75) is 0 Å². The first-order valence-corrected chi connectivity index (χ1v) is 4.12. The molecule has 0 atom stereocenters. The molecule has 0 aliphatic heterocycles. The summed E-state index contributed by atoms with van der Waals surface area (Å²) in [5, 5.41) is 0. The van der Waals surface area contributed by atoms with E-state index < -0.39 is 0 Å². The van der Waals surface area contributed by atoms with Crippen molar-refractivity contribution in [3.8, 4) is 0 Å². The third kappa shape index (κ3) is 3.69. The summed E-state index contributed by atoms with van der Waals surface area (Å²) in [6, 6.07) is 1.77. The number of hydrogen-bond donors (Lipinski definition) is 0. The maximum Gasteiger partial charge on any atom is 0.166 e. The molecule has 3 nitrogen and oxygen atoms in total. The highest BCUT2D eigenvalue weighted by Gasteiger charge is 1.96. The smallest absolute Gasteiger partial charge is 0.166 e. The SMILES string of the molecule is COC.Cn1cc(Br)cc1C=O. The predicted octanol–water partition coefficient (Wildman–Crippen LogP) is 1.86. The fourth-order valence-corrected chi connectivity index (χ4v) is 1.20. The van der Waals surface area contributed by atoms with Crippen LogP contribution in [0.4, 0.5) is 0 Å². The second-order valence-corrected chi connectivity index (χ2v) is 3.14. The third-order valence-electron chi connectivity index (χ3n) is 1.13. The molecule has 0 spiro atoms. The summed E-state index contributed by atoms with van der Waals surface area (Å²) >= 11 is 3.24. The highest BCUT2D eigenvalue weighted by atomic mass is 79.9. The van der Waals surface area contributed by atoms with E-state index in [-0.39, 0.29) is 0 Å². The number of halogens is 1. The van der Waals surface area contributed by atoms with Crippen molar-refractivity contribution in [1.82, 2.24) is 4.57 Å². The first-order chi connectivity index (χ1) is 5.65. The van der Waals surface area contributed by atoms with Crippen LogP contribution in [-0.4, -0.2) is 25.1 Å². The zero-order valence-electron chi connectivity index (χ0n) is 7.37. The number of ether oxygens (including phenoxy) is 1. The average Bonchev–Trinajstić information content (AvgIpc) is 2.31. The first-order valence-electron chi connectivity index (χ1n) is 3.32. The van der Waals surface area contributed by atoms with Gasteiger partial charge in [-0.3, -0.25) is 4.79 Å². The van der Waals surface area contributed by atoms with Crippen LogP contribution in [0.3, 0.4) is 0 Å². The van der Waals surface area contributed by atoms with Crippen LogP contribution in [-0.2, 0) is 11.8 Å². The van der Waals surface area contributed by atoms with E-state index in [4.69, 9.17) is 0 Å². The van der Waals surface area contributed by atoms with Crippen LogP contribution in [0.5, 0.6) is 0 Å². The van der Waals surface area contributed by atoms with Gasteiger partial charge < -0.3 is 9.30 Å². The Morgan fingerprint density at radius 2 is 2.08 bits per heavy atom. The lowest BCUT2D eigenvalue weighted by Gasteiger charge is -1.88. The third-order valence-corrected chi connectivity index (χ3v) is 1.56. The van der Waals surface area contributed by atoms with Gasteiger partial charge in [-0.2, -0.15) is 0 Å². The minimum Gasteiger partial charge on any atom is -0.388 e. The molecular formula is C8H12BrNO2. The fraction of sp³-hybridized carbons (Fsp3) is 0.375. The zero-order chi connectivity index (χ0) is 9.56. The van der Waals surface area contributed by atoms with Crippen LogP contribution in [0.1, 0.15) is 10.5 Å². The zero-order valence-corrected chi connectivity index (χ0v) is 8.96. The standard InChI is InChI=1S/C6H6BrNO.C2H6O/c1-8-3-5(7)2-6(8)4-9;1-3-2/h2-4H,1H3;1-2H3. The van der Waals surface area contributed by atoms with E-state index in [0.717, 1.165) is 10.8 Å². The fourth-order valence-electron chi connectivity index (χ4n) is 0.657. The van der Waals surface area contributed by atoms with Crippen LogP contribution in [0, 0.1) is 0 Å². The van der Waals surface area contributed by atoms with Crippen molar-refractivity contribution in [2.75, 3.05) is 14.2 Å². The molecule has 12 heavy (non-hydrogen) atoms. The van der Waals surface area contributed by atoms with Crippen LogP contribution in [0.25, 0.3) is 0 Å². The van der Waals surface area contributed by atoms with Crippen LogP contribution >= 0.6 is 15.9 Å². The largest absolute Gasteiger partial charge is 0.388 e. The quantitative estimate of drug-likeness (QED) is 0.694. The number of rotatable bonds is 1. The van der Waals surface area contributed by atoms with Crippen molar-refractivity contribution in [3.05, 3.63) is 22.4 Å². The van der Waals surface area contributed by atoms with E-state index in [1.807, 2.05) is 13.2 Å². The molecule has 4 heteroatoms. The number of carbonyl (C=O) groups excluding carboxylic acids is 1. The second-order valence-electron chi connectivity index (χ2n) is 2.22. The minimum atomic E-state index is 0.682. The number of hydrogen-bond acceptors (Lipinski definition) is 2. The molecule has 1 aromatic rings. The Hall–Kier alpha value is -0.610. The Kier molecular flexibility index (Phi) is 5.66. The maximum atomic E-state index is 10.2. The molecule has 0 aromatic carbocycles. The van der Waals surface area contributed by atoms with Crippen molar-refractivity contribution in [1.29, 1.82) is 0 Å². The van der Waals surface area contributed by atoms with Gasteiger partial charge in [-0.05, 0) is 22.0 Å². The Balaban J connectivity index is 0.000000354.